The van der Waals surface area contributed by atoms with Gasteiger partial charge in [-0.1, -0.05) is 30.7 Å². The van der Waals surface area contributed by atoms with Crippen LogP contribution in [0.25, 0.3) is 0 Å². The second-order valence-corrected chi connectivity index (χ2v) is 4.65. The molecule has 0 radical (unpaired) electrons. The molecule has 3 heteroatoms. The molecule has 0 N–H and O–H groups in total. The van der Waals surface area contributed by atoms with Gasteiger partial charge in [0, 0.05) is 10.9 Å². The van der Waals surface area contributed by atoms with Gasteiger partial charge in [0.25, 0.3) is 0 Å². The Morgan fingerprint density at radius 3 is 2.56 bits per heavy atom. The molecular weight excluding hydrogens is 224 g/mol. The van der Waals surface area contributed by atoms with E-state index in [0.717, 1.165) is 5.02 Å². The minimum Gasteiger partial charge on any atom is -0.466 e. The van der Waals surface area contributed by atoms with Crippen molar-refractivity contribution >= 4 is 17.6 Å². The summed E-state index contributed by atoms with van der Waals surface area (Å²) in [5, 5.41) is 0.727. The molecule has 86 valence electrons. The van der Waals surface area contributed by atoms with Gasteiger partial charge in [0.05, 0.1) is 12.5 Å². The Bertz CT molecular complexity index is 385. The minimum atomic E-state index is -0.0741. The average Bonchev–Trinajstić information content (AvgIpc) is 2.92. The van der Waals surface area contributed by atoms with Gasteiger partial charge in [0.1, 0.15) is 0 Å². The monoisotopic (exact) mass is 238 g/mol. The van der Waals surface area contributed by atoms with Gasteiger partial charge < -0.3 is 4.74 Å². The third kappa shape index (κ3) is 2.07. The van der Waals surface area contributed by atoms with Gasteiger partial charge in [0.15, 0.2) is 0 Å². The zero-order valence-corrected chi connectivity index (χ0v) is 10.2. The maximum Gasteiger partial charge on any atom is 0.309 e. The number of carbonyl (C=O) groups excluding carboxylic acids is 1. The summed E-state index contributed by atoms with van der Waals surface area (Å²) in [6.45, 7) is 4.37. The molecular formula is C13H15ClO2. The summed E-state index contributed by atoms with van der Waals surface area (Å²) < 4.78 is 5.05. The summed E-state index contributed by atoms with van der Waals surface area (Å²) in [7, 11) is 0. The fraction of sp³-hybridized carbons (Fsp3) is 0.462. The lowest BCUT2D eigenvalue weighted by Gasteiger charge is -2.01. The molecule has 1 aliphatic carbocycles. The zero-order chi connectivity index (χ0) is 11.7. The maximum absolute atomic E-state index is 11.6. The number of carbonyl (C=O) groups is 1. The highest BCUT2D eigenvalue weighted by Crippen LogP contribution is 2.54. The average molecular weight is 239 g/mol. The van der Waals surface area contributed by atoms with E-state index in [-0.39, 0.29) is 11.9 Å². The summed E-state index contributed by atoms with van der Waals surface area (Å²) in [4.78, 5) is 11.6. The molecule has 0 saturated heterocycles. The highest BCUT2D eigenvalue weighted by Gasteiger charge is 2.53. The van der Waals surface area contributed by atoms with Gasteiger partial charge in [-0.15, -0.1) is 0 Å². The van der Waals surface area contributed by atoms with Gasteiger partial charge in [-0.05, 0) is 30.5 Å². The summed E-state index contributed by atoms with van der Waals surface area (Å²) >= 11 is 5.83. The van der Waals surface area contributed by atoms with E-state index in [2.05, 4.69) is 6.92 Å². The van der Waals surface area contributed by atoms with E-state index in [0.29, 0.717) is 18.4 Å². The highest BCUT2D eigenvalue weighted by molar-refractivity contribution is 6.30. The Morgan fingerprint density at radius 2 is 2.00 bits per heavy atom. The number of hydrogen-bond acceptors (Lipinski definition) is 2. The van der Waals surface area contributed by atoms with Crippen LogP contribution in [0.4, 0.5) is 0 Å². The van der Waals surface area contributed by atoms with Crippen molar-refractivity contribution in [2.24, 2.45) is 11.8 Å². The van der Waals surface area contributed by atoms with Gasteiger partial charge >= 0.3 is 5.97 Å². The van der Waals surface area contributed by atoms with Crippen LogP contribution < -0.4 is 0 Å². The van der Waals surface area contributed by atoms with Crippen molar-refractivity contribution in [2.45, 2.75) is 19.8 Å². The second-order valence-electron chi connectivity index (χ2n) is 4.21. The van der Waals surface area contributed by atoms with Crippen LogP contribution in [0.3, 0.4) is 0 Å². The van der Waals surface area contributed by atoms with E-state index >= 15 is 0 Å². The van der Waals surface area contributed by atoms with Crippen molar-refractivity contribution in [2.75, 3.05) is 6.61 Å². The number of rotatable bonds is 3. The molecule has 3 unspecified atom stereocenters. The lowest BCUT2D eigenvalue weighted by molar-refractivity contribution is -0.145. The van der Waals surface area contributed by atoms with Crippen molar-refractivity contribution < 1.29 is 9.53 Å². The van der Waals surface area contributed by atoms with Crippen LogP contribution in [0.15, 0.2) is 24.3 Å². The standard InChI is InChI=1S/C13H15ClO2/c1-3-16-13(15)12-8(2)11(12)9-4-6-10(14)7-5-9/h4-8,11-12H,3H2,1-2H3. The third-order valence-corrected chi connectivity index (χ3v) is 3.44. The predicted octanol–water partition coefficient (Wildman–Crippen LogP) is 3.25. The van der Waals surface area contributed by atoms with Crippen molar-refractivity contribution in [1.82, 2.24) is 0 Å². The van der Waals surface area contributed by atoms with Crippen molar-refractivity contribution in [3.05, 3.63) is 34.9 Å². The molecule has 16 heavy (non-hydrogen) atoms. The van der Waals surface area contributed by atoms with Gasteiger partial charge in [-0.3, -0.25) is 4.79 Å². The normalized spacial score (nSPS) is 27.6. The lowest BCUT2D eigenvalue weighted by Crippen LogP contribution is -2.08. The van der Waals surface area contributed by atoms with Crippen molar-refractivity contribution in [1.29, 1.82) is 0 Å². The fourth-order valence-electron chi connectivity index (χ4n) is 2.26. The number of hydrogen-bond donors (Lipinski definition) is 0. The molecule has 3 atom stereocenters. The molecule has 1 aromatic carbocycles. The number of esters is 1. The summed E-state index contributed by atoms with van der Waals surface area (Å²) in [5.74, 6) is 0.632. The van der Waals surface area contributed by atoms with Gasteiger partial charge in [-0.2, -0.15) is 0 Å². The van der Waals surface area contributed by atoms with E-state index in [1.54, 1.807) is 0 Å². The van der Waals surface area contributed by atoms with E-state index in [1.165, 1.54) is 5.56 Å². The van der Waals surface area contributed by atoms with E-state index in [9.17, 15) is 4.79 Å². The first-order valence-corrected chi connectivity index (χ1v) is 5.95. The highest BCUT2D eigenvalue weighted by atomic mass is 35.5. The van der Waals surface area contributed by atoms with Crippen LogP contribution >= 0.6 is 11.6 Å². The number of halogens is 1. The van der Waals surface area contributed by atoms with Crippen LogP contribution in [-0.2, 0) is 9.53 Å². The third-order valence-electron chi connectivity index (χ3n) is 3.19. The van der Waals surface area contributed by atoms with E-state index in [1.807, 2.05) is 31.2 Å². The Labute approximate surface area is 101 Å². The molecule has 0 aliphatic heterocycles. The van der Waals surface area contributed by atoms with Crippen LogP contribution in [0.5, 0.6) is 0 Å². The summed E-state index contributed by atoms with van der Waals surface area (Å²) in [6, 6.07) is 7.71. The fourth-order valence-corrected chi connectivity index (χ4v) is 2.38. The van der Waals surface area contributed by atoms with Crippen LogP contribution in [-0.4, -0.2) is 12.6 Å². The molecule has 0 aromatic heterocycles. The summed E-state index contributed by atoms with van der Waals surface area (Å²) in [5.41, 5.74) is 1.18. The zero-order valence-electron chi connectivity index (χ0n) is 9.44. The molecule has 0 heterocycles. The number of benzene rings is 1. The molecule has 2 nitrogen and oxygen atoms in total. The SMILES string of the molecule is CCOC(=O)C1C(C)C1c1ccc(Cl)cc1. The molecule has 0 amide bonds. The lowest BCUT2D eigenvalue weighted by atomic mass is 10.1. The van der Waals surface area contributed by atoms with Crippen molar-refractivity contribution in [3.63, 3.8) is 0 Å². The molecule has 2 rings (SSSR count). The first-order chi connectivity index (χ1) is 7.65. The predicted molar refractivity (Wildman–Crippen MR) is 63.5 cm³/mol. The first kappa shape index (κ1) is 11.5. The largest absolute Gasteiger partial charge is 0.466 e. The molecule has 1 fully saturated rings. The smallest absolute Gasteiger partial charge is 0.309 e. The van der Waals surface area contributed by atoms with Gasteiger partial charge in [-0.25, -0.2) is 0 Å². The molecule has 0 bridgehead atoms. The van der Waals surface area contributed by atoms with E-state index < -0.39 is 0 Å². The van der Waals surface area contributed by atoms with Crippen LogP contribution in [0, 0.1) is 11.8 Å². The van der Waals surface area contributed by atoms with Crippen LogP contribution in [0.1, 0.15) is 25.3 Å². The topological polar surface area (TPSA) is 26.3 Å². The molecule has 1 aliphatic rings. The Hall–Kier alpha value is -1.02. The second kappa shape index (κ2) is 4.46. The minimum absolute atomic E-state index is 0.0288. The molecule has 1 aromatic rings. The van der Waals surface area contributed by atoms with Gasteiger partial charge in [0.2, 0.25) is 0 Å². The van der Waals surface area contributed by atoms with Crippen LogP contribution in [0.2, 0.25) is 5.02 Å². The molecule has 0 spiro atoms. The Balaban J connectivity index is 2.08. The maximum atomic E-state index is 11.6. The van der Waals surface area contributed by atoms with E-state index in [4.69, 9.17) is 16.3 Å². The Morgan fingerprint density at radius 1 is 1.38 bits per heavy atom. The first-order valence-electron chi connectivity index (χ1n) is 5.57. The number of ether oxygens (including phenoxy) is 1. The van der Waals surface area contributed by atoms with Crippen molar-refractivity contribution in [3.8, 4) is 0 Å². The summed E-state index contributed by atoms with van der Waals surface area (Å²) in [6.07, 6.45) is 0. The quantitative estimate of drug-likeness (QED) is 0.756. The molecule has 1 saturated carbocycles. The Kier molecular flexibility index (Phi) is 3.20.